The molecule has 9 nitrogen and oxygen atoms in total. The van der Waals surface area contributed by atoms with Gasteiger partial charge in [-0.3, -0.25) is 9.69 Å². The number of methoxy groups -OCH3 is 2. The summed E-state index contributed by atoms with van der Waals surface area (Å²) >= 11 is 0. The van der Waals surface area contributed by atoms with Gasteiger partial charge in [-0.1, -0.05) is 56.5 Å². The zero-order valence-electron chi connectivity index (χ0n) is 21.7. The normalized spacial score (nSPS) is 15.2. The fraction of sp³-hybridized carbons (Fsp3) is 0.429. The number of rotatable bonds is 9. The monoisotopic (exact) mass is 502 g/mol. The largest absolute Gasteiger partial charge is 0.493 e. The molecule has 0 saturated heterocycles. The fourth-order valence-corrected chi connectivity index (χ4v) is 5.42. The molecule has 0 radical (unpaired) electrons. The predicted molar refractivity (Wildman–Crippen MR) is 142 cm³/mol. The highest BCUT2D eigenvalue weighted by Crippen LogP contribution is 2.35. The van der Waals surface area contributed by atoms with Crippen molar-refractivity contribution in [1.82, 2.24) is 30.1 Å². The Bertz CT molecular complexity index is 1390. The van der Waals surface area contributed by atoms with Gasteiger partial charge in [-0.15, -0.1) is 5.10 Å². The second-order valence-corrected chi connectivity index (χ2v) is 9.57. The maximum atomic E-state index is 13.7. The van der Waals surface area contributed by atoms with E-state index in [0.29, 0.717) is 41.5 Å². The maximum Gasteiger partial charge on any atom is 0.253 e. The number of hydrogen-bond acceptors (Lipinski definition) is 7. The Morgan fingerprint density at radius 3 is 2.49 bits per heavy atom. The van der Waals surface area contributed by atoms with E-state index in [2.05, 4.69) is 44.5 Å². The molecule has 1 saturated carbocycles. The summed E-state index contributed by atoms with van der Waals surface area (Å²) in [5.74, 6) is 1.87. The molecular formula is C28H34N6O3. The lowest BCUT2D eigenvalue weighted by atomic mass is 9.95. The average molecular weight is 503 g/mol. The molecular weight excluding hydrogens is 468 g/mol. The van der Waals surface area contributed by atoms with Gasteiger partial charge in [-0.25, -0.2) is 4.68 Å². The Hall–Kier alpha value is -3.72. The molecule has 1 atom stereocenters. The van der Waals surface area contributed by atoms with Crippen LogP contribution in [0, 0.1) is 0 Å². The first-order valence-corrected chi connectivity index (χ1v) is 13.0. The van der Waals surface area contributed by atoms with Crippen LogP contribution in [0.15, 0.2) is 53.3 Å². The number of pyridine rings is 1. The second kappa shape index (κ2) is 11.1. The number of aromatic nitrogens is 5. The van der Waals surface area contributed by atoms with Gasteiger partial charge in [0.25, 0.3) is 5.56 Å². The van der Waals surface area contributed by atoms with Gasteiger partial charge >= 0.3 is 0 Å². The third kappa shape index (κ3) is 5.09. The zero-order chi connectivity index (χ0) is 25.8. The van der Waals surface area contributed by atoms with E-state index >= 15 is 0 Å². The van der Waals surface area contributed by atoms with Crippen molar-refractivity contribution < 1.29 is 9.47 Å². The summed E-state index contributed by atoms with van der Waals surface area (Å²) < 4.78 is 12.9. The van der Waals surface area contributed by atoms with E-state index < -0.39 is 6.04 Å². The van der Waals surface area contributed by atoms with Crippen molar-refractivity contribution in [1.29, 1.82) is 0 Å². The van der Waals surface area contributed by atoms with Crippen LogP contribution in [-0.4, -0.2) is 50.9 Å². The third-order valence-electron chi connectivity index (χ3n) is 7.35. The van der Waals surface area contributed by atoms with Crippen molar-refractivity contribution in [2.45, 2.75) is 57.7 Å². The van der Waals surface area contributed by atoms with E-state index in [9.17, 15) is 4.79 Å². The number of fused-ring (bicyclic) bond motifs is 1. The molecule has 9 heteroatoms. The lowest BCUT2D eigenvalue weighted by Gasteiger charge is -2.32. The highest BCUT2D eigenvalue weighted by Gasteiger charge is 2.32. The Labute approximate surface area is 216 Å². The predicted octanol–water partition coefficient (Wildman–Crippen LogP) is 4.65. The van der Waals surface area contributed by atoms with Gasteiger partial charge in [0.05, 0.1) is 25.8 Å². The first kappa shape index (κ1) is 25.0. The number of benzene rings is 2. The summed E-state index contributed by atoms with van der Waals surface area (Å²) in [6.07, 6.45) is 5.64. The van der Waals surface area contributed by atoms with Crippen molar-refractivity contribution in [3.63, 3.8) is 0 Å². The summed E-state index contributed by atoms with van der Waals surface area (Å²) in [5, 5.41) is 13.9. The van der Waals surface area contributed by atoms with Crippen LogP contribution >= 0.6 is 0 Å². The molecule has 4 aromatic rings. The van der Waals surface area contributed by atoms with Gasteiger partial charge in [-0.2, -0.15) is 0 Å². The van der Waals surface area contributed by atoms with Crippen molar-refractivity contribution in [3.8, 4) is 11.5 Å². The molecule has 2 aromatic heterocycles. The Morgan fingerprint density at radius 2 is 1.78 bits per heavy atom. The molecule has 0 amide bonds. The van der Waals surface area contributed by atoms with E-state index in [1.54, 1.807) is 20.3 Å². The highest BCUT2D eigenvalue weighted by atomic mass is 16.5. The lowest BCUT2D eigenvalue weighted by molar-refractivity contribution is 0.204. The van der Waals surface area contributed by atoms with Crippen molar-refractivity contribution in [2.75, 3.05) is 20.8 Å². The smallest absolute Gasteiger partial charge is 0.253 e. The van der Waals surface area contributed by atoms with Gasteiger partial charge in [0.15, 0.2) is 17.3 Å². The Morgan fingerprint density at radius 1 is 1.05 bits per heavy atom. The summed E-state index contributed by atoms with van der Waals surface area (Å²) in [7, 11) is 3.19. The van der Waals surface area contributed by atoms with Crippen LogP contribution in [0.4, 0.5) is 0 Å². The maximum absolute atomic E-state index is 13.7. The number of nitrogens with one attached hydrogen (secondary N) is 1. The van der Waals surface area contributed by atoms with E-state index in [4.69, 9.17) is 9.47 Å². The van der Waals surface area contributed by atoms with Crippen molar-refractivity contribution in [2.24, 2.45) is 0 Å². The van der Waals surface area contributed by atoms with Crippen molar-refractivity contribution >= 4 is 10.9 Å². The van der Waals surface area contributed by atoms with Crippen LogP contribution in [-0.2, 0) is 6.54 Å². The van der Waals surface area contributed by atoms with Crippen LogP contribution in [0.2, 0.25) is 0 Å². The van der Waals surface area contributed by atoms with E-state index in [1.807, 2.05) is 35.0 Å². The summed E-state index contributed by atoms with van der Waals surface area (Å²) in [4.78, 5) is 19.0. The topological polar surface area (TPSA) is 98.2 Å². The van der Waals surface area contributed by atoms with Gasteiger partial charge in [0, 0.05) is 23.6 Å². The minimum absolute atomic E-state index is 0.172. The van der Waals surface area contributed by atoms with Crippen LogP contribution in [0.25, 0.3) is 10.9 Å². The van der Waals surface area contributed by atoms with Crippen LogP contribution in [0.5, 0.6) is 11.5 Å². The van der Waals surface area contributed by atoms with Crippen molar-refractivity contribution in [3.05, 3.63) is 75.8 Å². The quantitative estimate of drug-likeness (QED) is 0.356. The minimum Gasteiger partial charge on any atom is -0.493 e. The van der Waals surface area contributed by atoms with Gasteiger partial charge < -0.3 is 14.5 Å². The van der Waals surface area contributed by atoms with Gasteiger partial charge in [-0.05, 0) is 47.5 Å². The molecule has 5 rings (SSSR count). The molecule has 1 unspecified atom stereocenters. The summed E-state index contributed by atoms with van der Waals surface area (Å²) in [5.41, 5.74) is 2.27. The molecule has 0 spiro atoms. The summed E-state index contributed by atoms with van der Waals surface area (Å²) in [6.45, 7) is 3.47. The second-order valence-electron chi connectivity index (χ2n) is 9.57. The van der Waals surface area contributed by atoms with Gasteiger partial charge in [0.2, 0.25) is 0 Å². The molecule has 1 fully saturated rings. The number of aromatic amines is 1. The van der Waals surface area contributed by atoms with Crippen LogP contribution < -0.4 is 15.0 Å². The molecule has 1 N–H and O–H groups in total. The molecule has 1 aliphatic rings. The van der Waals surface area contributed by atoms with Crippen LogP contribution in [0.3, 0.4) is 0 Å². The van der Waals surface area contributed by atoms with E-state index in [-0.39, 0.29) is 11.6 Å². The summed E-state index contributed by atoms with van der Waals surface area (Å²) in [6, 6.07) is 15.7. The average Bonchev–Trinajstić information content (AvgIpc) is 3.42. The molecule has 1 aliphatic carbocycles. The number of H-pyrrole nitrogens is 1. The molecule has 2 aromatic carbocycles. The Balaban J connectivity index is 1.66. The first-order chi connectivity index (χ1) is 18.1. The third-order valence-corrected chi connectivity index (χ3v) is 7.35. The number of nitrogens with zero attached hydrogens (tertiary/aromatic N) is 5. The fourth-order valence-electron chi connectivity index (χ4n) is 5.42. The first-order valence-electron chi connectivity index (χ1n) is 13.0. The minimum atomic E-state index is -0.427. The number of hydrogen-bond donors (Lipinski definition) is 1. The molecule has 194 valence electrons. The highest BCUT2D eigenvalue weighted by molar-refractivity contribution is 5.83. The SMILES string of the molecule is CCN(Cc1ccccc1)C(c1cc2cc(OC)c(OC)cc2[nH]c1=O)c1nnnn1C1CCCCC1. The van der Waals surface area contributed by atoms with E-state index in [1.165, 1.54) is 6.42 Å². The zero-order valence-corrected chi connectivity index (χ0v) is 21.7. The number of ether oxygens (including phenoxy) is 2. The number of tetrazole rings is 1. The van der Waals surface area contributed by atoms with Crippen LogP contribution in [0.1, 0.15) is 68.1 Å². The molecule has 0 aliphatic heterocycles. The van der Waals surface area contributed by atoms with E-state index in [0.717, 1.165) is 36.6 Å². The molecule has 37 heavy (non-hydrogen) atoms. The Kier molecular flexibility index (Phi) is 7.50. The lowest BCUT2D eigenvalue weighted by Crippen LogP contribution is -2.35. The molecule has 2 heterocycles. The van der Waals surface area contributed by atoms with Gasteiger partial charge in [0.1, 0.15) is 6.04 Å². The standard InChI is InChI=1S/C28H34N6O3/c1-4-33(18-19-11-7-5-8-12-19)26(27-30-31-32-34(27)21-13-9-6-10-14-21)22-15-20-16-24(36-2)25(37-3)17-23(20)29-28(22)35/h5,7-8,11-12,15-17,21,26H,4,6,9-10,13-14,18H2,1-3H3,(H,29,35). The molecule has 0 bridgehead atoms.